The van der Waals surface area contributed by atoms with Gasteiger partial charge in [-0.2, -0.15) is 5.10 Å². The van der Waals surface area contributed by atoms with E-state index in [1.54, 1.807) is 4.90 Å². The second-order valence-corrected chi connectivity index (χ2v) is 3.80. The number of rotatable bonds is 3. The monoisotopic (exact) mass is 252 g/mol. The summed E-state index contributed by atoms with van der Waals surface area (Å²) in [5.74, 6) is -0.147. The molecule has 1 aromatic rings. The van der Waals surface area contributed by atoms with Crippen molar-refractivity contribution in [2.24, 2.45) is 5.10 Å². The number of nitrogens with one attached hydrogen (secondary N) is 1. The molecular formula is C10H12N4O4. The molecule has 0 atom stereocenters. The Morgan fingerprint density at radius 3 is 2.83 bits per heavy atom. The Morgan fingerprint density at radius 2 is 2.22 bits per heavy atom. The minimum absolute atomic E-state index is 0.212. The second-order valence-electron chi connectivity index (χ2n) is 3.80. The number of nitro groups is 1. The predicted molar refractivity (Wildman–Crippen MR) is 62.3 cm³/mol. The van der Waals surface area contributed by atoms with E-state index >= 15 is 0 Å². The standard InChI is InChI=1S/C10H12N4O4/c15-10(13-5-1-2-6-13)12-11-7-8-3-4-9(18-8)14(16)17/h3-4,7H,1-2,5-6H2,(H,12,15)/b11-7+. The third kappa shape index (κ3) is 2.84. The van der Waals surface area contributed by atoms with Crippen LogP contribution >= 0.6 is 0 Å². The highest BCUT2D eigenvalue weighted by molar-refractivity contribution is 5.79. The van der Waals surface area contributed by atoms with Crippen molar-refractivity contribution in [3.63, 3.8) is 0 Å². The summed E-state index contributed by atoms with van der Waals surface area (Å²) in [6.45, 7) is 1.46. The molecule has 1 aliphatic rings. The van der Waals surface area contributed by atoms with Crippen LogP contribution < -0.4 is 5.43 Å². The average molecular weight is 252 g/mol. The van der Waals surface area contributed by atoms with E-state index in [0.29, 0.717) is 0 Å². The molecule has 0 spiro atoms. The molecule has 1 fully saturated rings. The summed E-state index contributed by atoms with van der Waals surface area (Å²) >= 11 is 0. The lowest BCUT2D eigenvalue weighted by Gasteiger charge is -2.12. The van der Waals surface area contributed by atoms with Crippen molar-refractivity contribution < 1.29 is 14.1 Å². The molecule has 8 heteroatoms. The summed E-state index contributed by atoms with van der Waals surface area (Å²) in [5, 5.41) is 14.0. The third-order valence-corrected chi connectivity index (χ3v) is 2.54. The number of amides is 2. The van der Waals surface area contributed by atoms with Gasteiger partial charge in [-0.25, -0.2) is 10.2 Å². The van der Waals surface area contributed by atoms with Crippen LogP contribution in [0.15, 0.2) is 21.7 Å². The number of carbonyl (C=O) groups excluding carboxylic acids is 1. The lowest BCUT2D eigenvalue weighted by Crippen LogP contribution is -2.35. The third-order valence-electron chi connectivity index (χ3n) is 2.54. The highest BCUT2D eigenvalue weighted by atomic mass is 16.6. The predicted octanol–water partition coefficient (Wildman–Crippen LogP) is 1.33. The van der Waals surface area contributed by atoms with E-state index in [1.807, 2.05) is 0 Å². The molecule has 0 bridgehead atoms. The zero-order valence-electron chi connectivity index (χ0n) is 9.54. The topological polar surface area (TPSA) is 101 Å². The Morgan fingerprint density at radius 1 is 1.50 bits per heavy atom. The van der Waals surface area contributed by atoms with Gasteiger partial charge < -0.3 is 9.32 Å². The van der Waals surface area contributed by atoms with Gasteiger partial charge in [-0.1, -0.05) is 0 Å². The normalized spacial score (nSPS) is 15.2. The number of hydrogen-bond donors (Lipinski definition) is 1. The van der Waals surface area contributed by atoms with Crippen LogP contribution in [0, 0.1) is 10.1 Å². The van der Waals surface area contributed by atoms with Gasteiger partial charge in [0.2, 0.25) is 0 Å². The fourth-order valence-electron chi connectivity index (χ4n) is 1.65. The van der Waals surface area contributed by atoms with Crippen molar-refractivity contribution >= 4 is 18.1 Å². The fraction of sp³-hybridized carbons (Fsp3) is 0.400. The number of likely N-dealkylation sites (tertiary alicyclic amines) is 1. The van der Waals surface area contributed by atoms with Crippen molar-refractivity contribution in [1.29, 1.82) is 0 Å². The lowest BCUT2D eigenvalue weighted by atomic mass is 10.4. The van der Waals surface area contributed by atoms with Crippen LogP contribution in [0.25, 0.3) is 0 Å². The Kier molecular flexibility index (Phi) is 3.56. The van der Waals surface area contributed by atoms with Gasteiger partial charge in [0.1, 0.15) is 4.92 Å². The number of urea groups is 1. The van der Waals surface area contributed by atoms with E-state index in [4.69, 9.17) is 4.42 Å². The van der Waals surface area contributed by atoms with E-state index in [-0.39, 0.29) is 17.7 Å². The Balaban J connectivity index is 1.86. The summed E-state index contributed by atoms with van der Waals surface area (Å²) in [5.41, 5.74) is 2.34. The highest BCUT2D eigenvalue weighted by Crippen LogP contribution is 2.13. The molecular weight excluding hydrogens is 240 g/mol. The molecule has 2 heterocycles. The lowest BCUT2D eigenvalue weighted by molar-refractivity contribution is -0.402. The minimum atomic E-state index is -0.639. The van der Waals surface area contributed by atoms with Crippen molar-refractivity contribution in [1.82, 2.24) is 10.3 Å². The first-order valence-corrected chi connectivity index (χ1v) is 5.49. The van der Waals surface area contributed by atoms with Gasteiger partial charge in [0, 0.05) is 13.1 Å². The minimum Gasteiger partial charge on any atom is -0.400 e. The van der Waals surface area contributed by atoms with Crippen LogP contribution in [0.3, 0.4) is 0 Å². The molecule has 18 heavy (non-hydrogen) atoms. The second kappa shape index (κ2) is 5.30. The Bertz CT molecular complexity index is 476. The summed E-state index contributed by atoms with van der Waals surface area (Å²) in [6, 6.07) is 2.36. The largest absolute Gasteiger partial charge is 0.433 e. The van der Waals surface area contributed by atoms with Gasteiger partial charge in [0.25, 0.3) is 0 Å². The molecule has 1 N–H and O–H groups in total. The van der Waals surface area contributed by atoms with Gasteiger partial charge in [-0.05, 0) is 18.9 Å². The highest BCUT2D eigenvalue weighted by Gasteiger charge is 2.17. The molecule has 0 radical (unpaired) electrons. The first-order valence-electron chi connectivity index (χ1n) is 5.49. The molecule has 0 unspecified atom stereocenters. The van der Waals surface area contributed by atoms with Crippen molar-refractivity contribution in [3.05, 3.63) is 28.0 Å². The van der Waals surface area contributed by atoms with Crippen molar-refractivity contribution in [2.45, 2.75) is 12.8 Å². The molecule has 1 aliphatic heterocycles. The SMILES string of the molecule is O=C(N/N=C/c1ccc([N+](=O)[O-])o1)N1CCCC1. The molecule has 0 aliphatic carbocycles. The van der Waals surface area contributed by atoms with Gasteiger partial charge in [0.15, 0.2) is 5.76 Å². The van der Waals surface area contributed by atoms with Crippen molar-refractivity contribution in [2.75, 3.05) is 13.1 Å². The zero-order chi connectivity index (χ0) is 13.0. The Hall–Kier alpha value is -2.38. The van der Waals surface area contributed by atoms with Gasteiger partial charge in [-0.15, -0.1) is 0 Å². The number of carbonyl (C=O) groups is 1. The first kappa shape index (κ1) is 12.1. The zero-order valence-corrected chi connectivity index (χ0v) is 9.54. The smallest absolute Gasteiger partial charge is 0.400 e. The van der Waals surface area contributed by atoms with Gasteiger partial charge in [-0.3, -0.25) is 10.1 Å². The van der Waals surface area contributed by atoms with Crippen LogP contribution in [0.4, 0.5) is 10.7 Å². The number of nitrogens with zero attached hydrogens (tertiary/aromatic N) is 3. The fourth-order valence-corrected chi connectivity index (χ4v) is 1.65. The summed E-state index contributed by atoms with van der Waals surface area (Å²) in [7, 11) is 0. The molecule has 0 saturated carbocycles. The number of furan rings is 1. The molecule has 2 rings (SSSR count). The molecule has 0 aromatic carbocycles. The molecule has 2 amide bonds. The van der Waals surface area contributed by atoms with E-state index in [1.165, 1.54) is 18.3 Å². The Labute approximate surface area is 102 Å². The van der Waals surface area contributed by atoms with Gasteiger partial charge in [0.05, 0.1) is 12.3 Å². The van der Waals surface area contributed by atoms with Crippen LogP contribution in [0.2, 0.25) is 0 Å². The molecule has 1 aromatic heterocycles. The maximum absolute atomic E-state index is 11.5. The van der Waals surface area contributed by atoms with Crippen LogP contribution in [-0.2, 0) is 0 Å². The van der Waals surface area contributed by atoms with Crippen LogP contribution in [0.1, 0.15) is 18.6 Å². The molecule has 1 saturated heterocycles. The first-order chi connectivity index (χ1) is 8.66. The number of hydrogen-bond acceptors (Lipinski definition) is 5. The van der Waals surface area contributed by atoms with Crippen LogP contribution in [0.5, 0.6) is 0 Å². The van der Waals surface area contributed by atoms with Gasteiger partial charge >= 0.3 is 11.9 Å². The maximum Gasteiger partial charge on any atom is 0.433 e. The quantitative estimate of drug-likeness (QED) is 0.498. The molecule has 8 nitrogen and oxygen atoms in total. The van der Waals surface area contributed by atoms with Crippen LogP contribution in [-0.4, -0.2) is 35.2 Å². The van der Waals surface area contributed by atoms with E-state index in [9.17, 15) is 14.9 Å². The maximum atomic E-state index is 11.5. The molecule has 96 valence electrons. The average Bonchev–Trinajstić information content (AvgIpc) is 3.00. The number of hydrazone groups is 1. The summed E-state index contributed by atoms with van der Waals surface area (Å²) in [6.07, 6.45) is 3.23. The summed E-state index contributed by atoms with van der Waals surface area (Å²) in [4.78, 5) is 22.9. The van der Waals surface area contributed by atoms with E-state index in [2.05, 4.69) is 10.5 Å². The van der Waals surface area contributed by atoms with E-state index < -0.39 is 4.92 Å². The van der Waals surface area contributed by atoms with Crippen molar-refractivity contribution in [3.8, 4) is 0 Å². The summed E-state index contributed by atoms with van der Waals surface area (Å²) < 4.78 is 4.84. The van der Waals surface area contributed by atoms with E-state index in [0.717, 1.165) is 25.9 Å².